The number of aromatic nitrogens is 1. The zero-order valence-electron chi connectivity index (χ0n) is 31.9. The summed E-state index contributed by atoms with van der Waals surface area (Å²) in [5.74, 6) is 0.684. The fourth-order valence-electron chi connectivity index (χ4n) is 9.49. The van der Waals surface area contributed by atoms with E-state index in [0.29, 0.717) is 5.92 Å². The van der Waals surface area contributed by atoms with Crippen LogP contribution in [0.5, 0.6) is 0 Å². The Labute approximate surface area is 333 Å². The number of nitrogens with zero attached hydrogens (tertiary/aromatic N) is 2. The minimum absolute atomic E-state index is 0.684. The van der Waals surface area contributed by atoms with E-state index in [4.69, 9.17) is 0 Å². The summed E-state index contributed by atoms with van der Waals surface area (Å²) in [6.45, 7) is 0. The standard InChI is InChI=1S/C55H42N2/c1-2-12-38(11-1)39-21-29-44(30-22-39)56(46-35-27-42(28-36-46)53-37-43-13-3-4-14-48(43)49-15-5-6-16-50(49)53)45-31-23-40(24-32-45)41-25-33-47(34-26-41)57-54-19-9-7-17-51(54)52-18-8-10-20-55(52)57/h3-10,13-38H,1-2,11-12H2. The van der Waals surface area contributed by atoms with Crippen molar-refractivity contribution in [2.45, 2.75) is 31.6 Å². The number of fused-ring (bicyclic) bond motifs is 6. The van der Waals surface area contributed by atoms with Crippen LogP contribution >= 0.6 is 0 Å². The molecule has 0 unspecified atom stereocenters. The van der Waals surface area contributed by atoms with E-state index in [1.54, 1.807) is 0 Å². The molecule has 0 amide bonds. The van der Waals surface area contributed by atoms with Gasteiger partial charge in [0.1, 0.15) is 0 Å². The SMILES string of the molecule is c1ccc2c(c1)cc(-c1ccc(N(c3ccc(-c4ccc(-n5c6ccccc6c6ccccc65)cc4)cc3)c3ccc(C4CCCC4)cc3)cc1)c1ccccc12. The minimum Gasteiger partial charge on any atom is -0.311 e. The highest BCUT2D eigenvalue weighted by molar-refractivity contribution is 6.14. The molecule has 2 nitrogen and oxygen atoms in total. The number of rotatable bonds is 7. The molecule has 0 bridgehead atoms. The average molecular weight is 731 g/mol. The molecule has 57 heavy (non-hydrogen) atoms. The lowest BCUT2D eigenvalue weighted by molar-refractivity contribution is 0.723. The molecule has 1 heterocycles. The van der Waals surface area contributed by atoms with Crippen molar-refractivity contribution in [3.63, 3.8) is 0 Å². The van der Waals surface area contributed by atoms with Crippen LogP contribution in [0.1, 0.15) is 37.2 Å². The number of benzene rings is 9. The van der Waals surface area contributed by atoms with Gasteiger partial charge in [-0.1, -0.05) is 146 Å². The van der Waals surface area contributed by atoms with Crippen molar-refractivity contribution in [1.29, 1.82) is 0 Å². The topological polar surface area (TPSA) is 8.17 Å². The van der Waals surface area contributed by atoms with Gasteiger partial charge in [-0.05, 0) is 135 Å². The van der Waals surface area contributed by atoms with Crippen LogP contribution in [0.25, 0.3) is 71.3 Å². The maximum atomic E-state index is 2.40. The van der Waals surface area contributed by atoms with E-state index in [1.165, 1.54) is 108 Å². The van der Waals surface area contributed by atoms with E-state index in [0.717, 1.165) is 11.4 Å². The lowest BCUT2D eigenvalue weighted by Crippen LogP contribution is -2.10. The molecule has 272 valence electrons. The van der Waals surface area contributed by atoms with E-state index >= 15 is 0 Å². The van der Waals surface area contributed by atoms with Crippen molar-refractivity contribution < 1.29 is 0 Å². The number of hydrogen-bond donors (Lipinski definition) is 0. The first-order chi connectivity index (χ1) is 28.3. The molecule has 0 N–H and O–H groups in total. The highest BCUT2D eigenvalue weighted by atomic mass is 15.1. The van der Waals surface area contributed by atoms with Crippen molar-refractivity contribution in [1.82, 2.24) is 4.57 Å². The summed E-state index contributed by atoms with van der Waals surface area (Å²) in [7, 11) is 0. The molecule has 9 aromatic carbocycles. The Morgan fingerprint density at radius 2 is 0.842 bits per heavy atom. The highest BCUT2D eigenvalue weighted by Crippen LogP contribution is 2.41. The molecule has 1 aromatic heterocycles. The third-order valence-electron chi connectivity index (χ3n) is 12.3. The molecule has 2 heteroatoms. The van der Waals surface area contributed by atoms with E-state index in [-0.39, 0.29) is 0 Å². The fourth-order valence-corrected chi connectivity index (χ4v) is 9.49. The van der Waals surface area contributed by atoms with Crippen LogP contribution in [0.4, 0.5) is 17.1 Å². The minimum atomic E-state index is 0.684. The summed E-state index contributed by atoms with van der Waals surface area (Å²) in [5, 5.41) is 7.69. The molecule has 10 aromatic rings. The van der Waals surface area contributed by atoms with E-state index in [2.05, 4.69) is 210 Å². The Hall–Kier alpha value is -6.90. The Balaban J connectivity index is 0.947. The maximum Gasteiger partial charge on any atom is 0.0541 e. The molecule has 1 aliphatic rings. The Morgan fingerprint density at radius 3 is 1.44 bits per heavy atom. The van der Waals surface area contributed by atoms with Gasteiger partial charge in [0.2, 0.25) is 0 Å². The second kappa shape index (κ2) is 14.0. The molecular formula is C55H42N2. The van der Waals surface area contributed by atoms with Gasteiger partial charge in [-0.25, -0.2) is 0 Å². The van der Waals surface area contributed by atoms with E-state index in [1.807, 2.05) is 0 Å². The van der Waals surface area contributed by atoms with Crippen molar-refractivity contribution in [3.8, 4) is 27.9 Å². The van der Waals surface area contributed by atoms with E-state index < -0.39 is 0 Å². The van der Waals surface area contributed by atoms with Gasteiger partial charge in [0.05, 0.1) is 11.0 Å². The number of para-hydroxylation sites is 2. The zero-order valence-corrected chi connectivity index (χ0v) is 31.9. The predicted octanol–water partition coefficient (Wildman–Crippen LogP) is 15.6. The molecule has 1 aliphatic carbocycles. The van der Waals surface area contributed by atoms with Crippen molar-refractivity contribution in [2.24, 2.45) is 0 Å². The number of hydrogen-bond acceptors (Lipinski definition) is 1. The van der Waals surface area contributed by atoms with Crippen LogP contribution in [0.3, 0.4) is 0 Å². The normalized spacial score (nSPS) is 13.3. The van der Waals surface area contributed by atoms with Crippen LogP contribution in [-0.2, 0) is 0 Å². The molecule has 1 saturated carbocycles. The molecule has 0 radical (unpaired) electrons. The summed E-state index contributed by atoms with van der Waals surface area (Å²) in [5.41, 5.74) is 13.4. The second-order valence-electron chi connectivity index (χ2n) is 15.6. The molecule has 0 atom stereocenters. The van der Waals surface area contributed by atoms with Gasteiger partial charge in [-0.3, -0.25) is 0 Å². The largest absolute Gasteiger partial charge is 0.311 e. The predicted molar refractivity (Wildman–Crippen MR) is 243 cm³/mol. The van der Waals surface area contributed by atoms with Gasteiger partial charge in [0.15, 0.2) is 0 Å². The first-order valence-corrected chi connectivity index (χ1v) is 20.4. The smallest absolute Gasteiger partial charge is 0.0541 e. The van der Waals surface area contributed by atoms with Gasteiger partial charge in [-0.15, -0.1) is 0 Å². The molecule has 1 fully saturated rings. The first kappa shape index (κ1) is 33.4. The van der Waals surface area contributed by atoms with Crippen molar-refractivity contribution in [2.75, 3.05) is 4.90 Å². The van der Waals surface area contributed by atoms with Crippen LogP contribution in [-0.4, -0.2) is 4.57 Å². The van der Waals surface area contributed by atoms with Crippen LogP contribution in [0.2, 0.25) is 0 Å². The molecule has 0 saturated heterocycles. The monoisotopic (exact) mass is 730 g/mol. The summed E-state index contributed by atoms with van der Waals surface area (Å²) in [6, 6.07) is 73.8. The average Bonchev–Trinajstić information content (AvgIpc) is 3.95. The lowest BCUT2D eigenvalue weighted by atomic mass is 9.93. The van der Waals surface area contributed by atoms with Gasteiger partial charge < -0.3 is 9.47 Å². The van der Waals surface area contributed by atoms with Gasteiger partial charge in [-0.2, -0.15) is 0 Å². The summed E-state index contributed by atoms with van der Waals surface area (Å²) >= 11 is 0. The van der Waals surface area contributed by atoms with Crippen LogP contribution < -0.4 is 4.90 Å². The Kier molecular flexibility index (Phi) is 8.21. The molecular weight excluding hydrogens is 689 g/mol. The Morgan fingerprint density at radius 1 is 0.386 bits per heavy atom. The number of anilines is 3. The lowest BCUT2D eigenvalue weighted by Gasteiger charge is -2.26. The first-order valence-electron chi connectivity index (χ1n) is 20.4. The van der Waals surface area contributed by atoms with Crippen molar-refractivity contribution in [3.05, 3.63) is 206 Å². The van der Waals surface area contributed by atoms with Crippen LogP contribution in [0, 0.1) is 0 Å². The third kappa shape index (κ3) is 5.88. The van der Waals surface area contributed by atoms with Gasteiger partial charge >= 0.3 is 0 Å². The quantitative estimate of drug-likeness (QED) is 0.148. The maximum absolute atomic E-state index is 2.40. The zero-order chi connectivity index (χ0) is 37.7. The second-order valence-corrected chi connectivity index (χ2v) is 15.6. The molecule has 11 rings (SSSR count). The summed E-state index contributed by atoms with van der Waals surface area (Å²) < 4.78 is 2.38. The highest BCUT2D eigenvalue weighted by Gasteiger charge is 2.19. The third-order valence-corrected chi connectivity index (χ3v) is 12.3. The molecule has 0 aliphatic heterocycles. The van der Waals surface area contributed by atoms with E-state index in [9.17, 15) is 0 Å². The molecule has 0 spiro atoms. The van der Waals surface area contributed by atoms with Crippen molar-refractivity contribution >= 4 is 60.4 Å². The van der Waals surface area contributed by atoms with Gasteiger partial charge in [0, 0.05) is 33.5 Å². The summed E-state index contributed by atoms with van der Waals surface area (Å²) in [4.78, 5) is 2.40. The van der Waals surface area contributed by atoms with Gasteiger partial charge in [0.25, 0.3) is 0 Å². The van der Waals surface area contributed by atoms with Crippen LogP contribution in [0.15, 0.2) is 200 Å². The Bertz CT molecular complexity index is 2980. The summed E-state index contributed by atoms with van der Waals surface area (Å²) in [6.07, 6.45) is 5.28. The fraction of sp³-hybridized carbons (Fsp3) is 0.0909.